The molecule has 13 nitrogen and oxygen atoms in total. The van der Waals surface area contributed by atoms with Crippen LogP contribution in [0.25, 0.3) is 0 Å². The summed E-state index contributed by atoms with van der Waals surface area (Å²) in [7, 11) is 0. The van der Waals surface area contributed by atoms with E-state index in [9.17, 15) is 29.1 Å². The van der Waals surface area contributed by atoms with E-state index in [0.29, 0.717) is 19.4 Å². The topological polar surface area (TPSA) is 183 Å². The fourth-order valence-electron chi connectivity index (χ4n) is 8.11. The summed E-state index contributed by atoms with van der Waals surface area (Å²) in [4.78, 5) is 78.8. The number of carbonyl (C=O) groups excluding carboxylic acids is 5. The number of aliphatic hydroxyl groups is 1. The van der Waals surface area contributed by atoms with Crippen LogP contribution in [0, 0.1) is 23.2 Å². The number of aromatic nitrogens is 2. The van der Waals surface area contributed by atoms with Crippen LogP contribution in [0.1, 0.15) is 122 Å². The summed E-state index contributed by atoms with van der Waals surface area (Å²) in [6.07, 6.45) is 13.7. The Morgan fingerprint density at radius 2 is 1.66 bits per heavy atom. The lowest BCUT2D eigenvalue weighted by molar-refractivity contribution is -0.146. The molecule has 0 radical (unpaired) electrons. The molecule has 7 unspecified atom stereocenters. The number of rotatable bonds is 14. The molecule has 3 saturated carbocycles. The van der Waals surface area contributed by atoms with Crippen molar-refractivity contribution in [2.45, 2.75) is 147 Å². The Kier molecular flexibility index (Phi) is 12.5. The van der Waals surface area contributed by atoms with Crippen molar-refractivity contribution < 1.29 is 29.1 Å². The van der Waals surface area contributed by atoms with E-state index in [-0.39, 0.29) is 41.3 Å². The average molecular weight is 696 g/mol. The van der Waals surface area contributed by atoms with Crippen molar-refractivity contribution in [3.8, 4) is 0 Å². The van der Waals surface area contributed by atoms with Crippen molar-refractivity contribution in [2.24, 2.45) is 23.2 Å². The maximum absolute atomic E-state index is 14.7. The molecule has 3 aliphatic carbocycles. The molecule has 5 amide bonds. The van der Waals surface area contributed by atoms with Crippen molar-refractivity contribution in [2.75, 3.05) is 6.54 Å². The van der Waals surface area contributed by atoms with Gasteiger partial charge in [0, 0.05) is 25.0 Å². The molecular formula is C37H57N7O6. The molecule has 5 N–H and O–H groups in total. The summed E-state index contributed by atoms with van der Waals surface area (Å²) in [5.74, 6) is -2.16. The second-order valence-corrected chi connectivity index (χ2v) is 16.0. The van der Waals surface area contributed by atoms with Gasteiger partial charge in [0.2, 0.25) is 17.7 Å². The Bertz CT molecular complexity index is 1360. The Morgan fingerprint density at radius 1 is 0.920 bits per heavy atom. The van der Waals surface area contributed by atoms with E-state index in [4.69, 9.17) is 0 Å². The third kappa shape index (κ3) is 9.18. The van der Waals surface area contributed by atoms with Gasteiger partial charge in [-0.3, -0.25) is 29.0 Å². The molecule has 276 valence electrons. The second kappa shape index (κ2) is 16.6. The van der Waals surface area contributed by atoms with Gasteiger partial charge in [0.05, 0.1) is 12.2 Å². The number of fused-ring (bicyclic) bond motifs is 1. The quantitative estimate of drug-likeness (QED) is 0.197. The van der Waals surface area contributed by atoms with Crippen molar-refractivity contribution >= 4 is 29.5 Å². The van der Waals surface area contributed by atoms with Crippen LogP contribution in [-0.4, -0.2) is 92.4 Å². The number of carbonyl (C=O) groups is 5. The molecule has 0 spiro atoms. The van der Waals surface area contributed by atoms with Gasteiger partial charge in [-0.15, -0.1) is 0 Å². The van der Waals surface area contributed by atoms with Gasteiger partial charge in [0.15, 0.2) is 6.10 Å². The normalized spacial score (nSPS) is 24.7. The lowest BCUT2D eigenvalue weighted by Gasteiger charge is -2.38. The van der Waals surface area contributed by atoms with Crippen molar-refractivity contribution in [3.63, 3.8) is 0 Å². The van der Waals surface area contributed by atoms with Gasteiger partial charge in [0.1, 0.15) is 23.8 Å². The van der Waals surface area contributed by atoms with E-state index >= 15 is 0 Å². The number of unbranched alkanes of at least 4 members (excludes halogenated alkanes) is 1. The first kappa shape index (κ1) is 37.6. The van der Waals surface area contributed by atoms with E-state index < -0.39 is 53.4 Å². The molecular weight excluding hydrogens is 638 g/mol. The zero-order chi connectivity index (χ0) is 36.0. The van der Waals surface area contributed by atoms with Crippen molar-refractivity contribution in [3.05, 3.63) is 24.3 Å². The summed E-state index contributed by atoms with van der Waals surface area (Å²) in [6.45, 7) is 8.04. The average Bonchev–Trinajstić information content (AvgIpc) is 3.67. The standard InChI is InChI=1S/C37H57N7O6/c1-5-6-15-26(30(45)35(49)40-24-16-17-24)41-34(48)29-25-14-10-13-23(25)21-44(29)36(50)31(37(2,3)4)43-33(47)28(22-11-8-7-9-12-22)42-32(46)27-20-38-18-19-39-27/h18-20,22-26,28-31,45H,5-17,21H2,1-4H3,(H,40,49)(H,41,48)(H,42,46)(H,43,47). The first-order chi connectivity index (χ1) is 23.9. The predicted molar refractivity (Wildman–Crippen MR) is 186 cm³/mol. The Morgan fingerprint density at radius 3 is 2.30 bits per heavy atom. The largest absolute Gasteiger partial charge is 0.381 e. The minimum Gasteiger partial charge on any atom is -0.381 e. The molecule has 5 rings (SSSR count). The van der Waals surface area contributed by atoms with Crippen LogP contribution < -0.4 is 21.3 Å². The predicted octanol–water partition coefficient (Wildman–Crippen LogP) is 2.63. The summed E-state index contributed by atoms with van der Waals surface area (Å²) >= 11 is 0. The molecule has 50 heavy (non-hydrogen) atoms. The van der Waals surface area contributed by atoms with E-state index in [2.05, 4.69) is 31.2 Å². The zero-order valence-corrected chi connectivity index (χ0v) is 30.2. The van der Waals surface area contributed by atoms with Crippen LogP contribution in [0.2, 0.25) is 0 Å². The first-order valence-corrected chi connectivity index (χ1v) is 18.9. The van der Waals surface area contributed by atoms with E-state index in [1.54, 1.807) is 4.90 Å². The van der Waals surface area contributed by atoms with E-state index in [1.165, 1.54) is 18.6 Å². The van der Waals surface area contributed by atoms with Gasteiger partial charge in [-0.25, -0.2) is 4.98 Å². The number of amides is 5. The summed E-state index contributed by atoms with van der Waals surface area (Å²) in [5, 5.41) is 22.8. The van der Waals surface area contributed by atoms with Crippen molar-refractivity contribution in [1.29, 1.82) is 0 Å². The molecule has 0 bridgehead atoms. The molecule has 13 heteroatoms. The highest BCUT2D eigenvalue weighted by atomic mass is 16.3. The zero-order valence-electron chi connectivity index (χ0n) is 30.2. The maximum Gasteiger partial charge on any atom is 0.272 e. The Hall–Kier alpha value is -3.61. The number of likely N-dealkylation sites (tertiary alicyclic amines) is 1. The minimum atomic E-state index is -1.40. The fraction of sp³-hybridized carbons (Fsp3) is 0.757. The lowest BCUT2D eigenvalue weighted by atomic mass is 9.82. The van der Waals surface area contributed by atoms with Gasteiger partial charge in [-0.2, -0.15) is 0 Å². The number of hydrogen-bond acceptors (Lipinski definition) is 8. The highest BCUT2D eigenvalue weighted by Gasteiger charge is 2.52. The van der Waals surface area contributed by atoms with Crippen LogP contribution in [-0.2, 0) is 19.2 Å². The maximum atomic E-state index is 14.7. The number of nitrogens with zero attached hydrogens (tertiary/aromatic N) is 3. The number of hydrogen-bond donors (Lipinski definition) is 5. The van der Waals surface area contributed by atoms with Gasteiger partial charge in [-0.05, 0) is 68.1 Å². The molecule has 2 heterocycles. The number of aliphatic hydroxyl groups excluding tert-OH is 1. The Labute approximate surface area is 295 Å². The fourth-order valence-corrected chi connectivity index (χ4v) is 8.11. The molecule has 0 aromatic carbocycles. The minimum absolute atomic E-state index is 0.0548. The van der Waals surface area contributed by atoms with Crippen LogP contribution >= 0.6 is 0 Å². The number of nitrogens with one attached hydrogen (secondary N) is 4. The molecule has 7 atom stereocenters. The molecule has 1 aromatic rings. The molecule has 1 aromatic heterocycles. The van der Waals surface area contributed by atoms with Crippen LogP contribution in [0.3, 0.4) is 0 Å². The van der Waals surface area contributed by atoms with Gasteiger partial charge < -0.3 is 31.3 Å². The van der Waals surface area contributed by atoms with Crippen LogP contribution in [0.4, 0.5) is 0 Å². The van der Waals surface area contributed by atoms with Crippen molar-refractivity contribution in [1.82, 2.24) is 36.1 Å². The molecule has 1 saturated heterocycles. The summed E-state index contributed by atoms with van der Waals surface area (Å²) < 4.78 is 0. The third-order valence-corrected chi connectivity index (χ3v) is 11.1. The van der Waals surface area contributed by atoms with E-state index in [0.717, 1.165) is 70.6 Å². The highest BCUT2D eigenvalue weighted by molar-refractivity contribution is 5.98. The second-order valence-electron chi connectivity index (χ2n) is 16.0. The SMILES string of the molecule is CCCCC(NC(=O)C1C2CCCC2CN1C(=O)C(NC(=O)C(NC(=O)c1cnccn1)C1CCCCC1)C(C)(C)C)C(O)C(=O)NC1CC1. The summed E-state index contributed by atoms with van der Waals surface area (Å²) in [5.41, 5.74) is -0.618. The molecule has 4 aliphatic rings. The molecule has 4 fully saturated rings. The molecule has 1 aliphatic heterocycles. The Balaban J connectivity index is 1.36. The highest BCUT2D eigenvalue weighted by Crippen LogP contribution is 2.43. The first-order valence-electron chi connectivity index (χ1n) is 18.9. The smallest absolute Gasteiger partial charge is 0.272 e. The lowest BCUT2D eigenvalue weighted by Crippen LogP contribution is -2.62. The monoisotopic (exact) mass is 695 g/mol. The van der Waals surface area contributed by atoms with Gasteiger partial charge in [-0.1, -0.05) is 66.2 Å². The van der Waals surface area contributed by atoms with Gasteiger partial charge >= 0.3 is 0 Å². The third-order valence-electron chi connectivity index (χ3n) is 11.1. The van der Waals surface area contributed by atoms with Crippen LogP contribution in [0.15, 0.2) is 18.6 Å². The van der Waals surface area contributed by atoms with Gasteiger partial charge in [0.25, 0.3) is 11.8 Å². The van der Waals surface area contributed by atoms with Crippen LogP contribution in [0.5, 0.6) is 0 Å². The summed E-state index contributed by atoms with van der Waals surface area (Å²) in [6, 6.07) is -3.35. The van der Waals surface area contributed by atoms with E-state index in [1.807, 2.05) is 27.7 Å².